The Kier molecular flexibility index (Phi) is 3.51. The molecule has 4 rings (SSSR count). The van der Waals surface area contributed by atoms with Crippen molar-refractivity contribution in [2.45, 2.75) is 48.7 Å². The summed E-state index contributed by atoms with van der Waals surface area (Å²) in [6, 6.07) is 8.22. The van der Waals surface area contributed by atoms with Gasteiger partial charge in [-0.05, 0) is 49.9 Å². The maximum atomic E-state index is 12.6. The average Bonchev–Trinajstić information content (AvgIpc) is 2.85. The molecule has 1 aromatic heterocycles. The quantitative estimate of drug-likeness (QED) is 0.827. The lowest BCUT2D eigenvalue weighted by atomic mass is 10.0. The van der Waals surface area contributed by atoms with E-state index in [4.69, 9.17) is 4.42 Å². The second-order valence-electron chi connectivity index (χ2n) is 6.38. The Labute approximate surface area is 133 Å². The van der Waals surface area contributed by atoms with Crippen LogP contribution in [0.1, 0.15) is 25.7 Å². The van der Waals surface area contributed by atoms with Crippen LogP contribution in [0.2, 0.25) is 0 Å². The van der Waals surface area contributed by atoms with E-state index in [1.807, 2.05) is 0 Å². The molecule has 2 fully saturated rings. The number of benzene rings is 1. The van der Waals surface area contributed by atoms with Crippen LogP contribution < -0.4 is 15.7 Å². The van der Waals surface area contributed by atoms with Crippen molar-refractivity contribution in [1.82, 2.24) is 10.0 Å². The summed E-state index contributed by atoms with van der Waals surface area (Å²) in [5.41, 5.74) is -0.0622. The normalized spacial score (nSPS) is 27.4. The molecule has 1 aromatic carbocycles. The Morgan fingerprint density at radius 1 is 1.09 bits per heavy atom. The van der Waals surface area contributed by atoms with Crippen LogP contribution in [0.3, 0.4) is 0 Å². The van der Waals surface area contributed by atoms with Crippen molar-refractivity contribution >= 4 is 21.0 Å². The molecule has 0 aliphatic carbocycles. The van der Waals surface area contributed by atoms with E-state index in [1.165, 1.54) is 24.3 Å². The van der Waals surface area contributed by atoms with Gasteiger partial charge in [-0.15, -0.1) is 0 Å². The van der Waals surface area contributed by atoms with Gasteiger partial charge in [-0.2, -0.15) is 0 Å². The molecule has 2 unspecified atom stereocenters. The SMILES string of the molecule is O=c1ccc2cc(S(=O)(=O)NC3CC4CCC(C3)N4)ccc2o1. The van der Waals surface area contributed by atoms with Crippen LogP contribution in [0.5, 0.6) is 0 Å². The number of sulfonamides is 1. The Hall–Kier alpha value is -1.70. The van der Waals surface area contributed by atoms with Crippen LogP contribution in [-0.2, 0) is 10.0 Å². The minimum atomic E-state index is -3.58. The zero-order chi connectivity index (χ0) is 16.0. The summed E-state index contributed by atoms with van der Waals surface area (Å²) < 4.78 is 33.1. The fraction of sp³-hybridized carbons (Fsp3) is 0.438. The first-order valence-electron chi connectivity index (χ1n) is 7.82. The van der Waals surface area contributed by atoms with Gasteiger partial charge in [0.25, 0.3) is 0 Å². The third-order valence-corrected chi connectivity index (χ3v) is 6.21. The molecule has 3 heterocycles. The van der Waals surface area contributed by atoms with Gasteiger partial charge in [0, 0.05) is 29.6 Å². The first-order chi connectivity index (χ1) is 11.0. The molecule has 7 heteroatoms. The molecule has 0 radical (unpaired) electrons. The summed E-state index contributed by atoms with van der Waals surface area (Å²) in [4.78, 5) is 11.4. The number of fused-ring (bicyclic) bond motifs is 3. The summed E-state index contributed by atoms with van der Waals surface area (Å²) in [6.07, 6.45) is 3.91. The van der Waals surface area contributed by atoms with Crippen molar-refractivity contribution in [3.8, 4) is 0 Å². The van der Waals surface area contributed by atoms with Crippen LogP contribution >= 0.6 is 0 Å². The summed E-state index contributed by atoms with van der Waals surface area (Å²) in [5, 5.41) is 4.09. The highest BCUT2D eigenvalue weighted by molar-refractivity contribution is 7.89. The minimum absolute atomic E-state index is 0.0249. The maximum Gasteiger partial charge on any atom is 0.336 e. The average molecular weight is 334 g/mol. The van der Waals surface area contributed by atoms with E-state index in [0.717, 1.165) is 25.7 Å². The molecule has 2 atom stereocenters. The molecule has 6 nitrogen and oxygen atoms in total. The van der Waals surface area contributed by atoms with Gasteiger partial charge >= 0.3 is 5.63 Å². The number of piperidine rings is 1. The summed E-state index contributed by atoms with van der Waals surface area (Å²) in [6.45, 7) is 0. The molecule has 2 saturated heterocycles. The zero-order valence-corrected chi connectivity index (χ0v) is 13.3. The fourth-order valence-corrected chi connectivity index (χ4v) is 4.95. The second kappa shape index (κ2) is 5.43. The van der Waals surface area contributed by atoms with E-state index >= 15 is 0 Å². The lowest BCUT2D eigenvalue weighted by molar-refractivity contribution is 0.345. The molecule has 0 amide bonds. The highest BCUT2D eigenvalue weighted by atomic mass is 32.2. The zero-order valence-electron chi connectivity index (χ0n) is 12.5. The smallest absolute Gasteiger partial charge is 0.336 e. The van der Waals surface area contributed by atoms with Gasteiger partial charge in [0.1, 0.15) is 5.58 Å². The number of nitrogens with one attached hydrogen (secondary N) is 2. The molecule has 2 bridgehead atoms. The molecule has 2 N–H and O–H groups in total. The van der Waals surface area contributed by atoms with Gasteiger partial charge < -0.3 is 9.73 Å². The lowest BCUT2D eigenvalue weighted by Crippen LogP contribution is -2.47. The molecule has 23 heavy (non-hydrogen) atoms. The van der Waals surface area contributed by atoms with Crippen LogP contribution in [0, 0.1) is 0 Å². The number of rotatable bonds is 3. The van der Waals surface area contributed by atoms with E-state index in [2.05, 4.69) is 10.0 Å². The Morgan fingerprint density at radius 2 is 1.83 bits per heavy atom. The van der Waals surface area contributed by atoms with Crippen molar-refractivity contribution in [2.24, 2.45) is 0 Å². The minimum Gasteiger partial charge on any atom is -0.423 e. The van der Waals surface area contributed by atoms with Crippen molar-refractivity contribution in [1.29, 1.82) is 0 Å². The standard InChI is InChI=1S/C16H18N2O4S/c19-16-6-1-10-7-14(4-5-15(10)22-16)23(20,21)18-13-8-11-2-3-12(9-13)17-11/h1,4-7,11-13,17-18H,2-3,8-9H2. The molecule has 2 aliphatic rings. The van der Waals surface area contributed by atoms with Gasteiger partial charge in [-0.1, -0.05) is 0 Å². The predicted molar refractivity (Wildman–Crippen MR) is 85.8 cm³/mol. The summed E-state index contributed by atoms with van der Waals surface area (Å²) in [7, 11) is -3.58. The van der Waals surface area contributed by atoms with E-state index in [9.17, 15) is 13.2 Å². The van der Waals surface area contributed by atoms with Crippen molar-refractivity contribution in [2.75, 3.05) is 0 Å². The third kappa shape index (κ3) is 2.91. The lowest BCUT2D eigenvalue weighted by Gasteiger charge is -2.29. The van der Waals surface area contributed by atoms with Crippen LogP contribution in [0.15, 0.2) is 44.4 Å². The van der Waals surface area contributed by atoms with Crippen molar-refractivity contribution < 1.29 is 12.8 Å². The molecule has 0 saturated carbocycles. The topological polar surface area (TPSA) is 88.4 Å². The Morgan fingerprint density at radius 3 is 2.57 bits per heavy atom. The molecule has 2 aliphatic heterocycles. The molecular weight excluding hydrogens is 316 g/mol. The van der Waals surface area contributed by atoms with Crippen molar-refractivity contribution in [3.63, 3.8) is 0 Å². The molecule has 0 spiro atoms. The predicted octanol–water partition coefficient (Wildman–Crippen LogP) is 1.35. The second-order valence-corrected chi connectivity index (χ2v) is 8.10. The highest BCUT2D eigenvalue weighted by Crippen LogP contribution is 2.28. The van der Waals surface area contributed by atoms with E-state index in [0.29, 0.717) is 23.1 Å². The summed E-state index contributed by atoms with van der Waals surface area (Å²) in [5.74, 6) is 0. The number of hydrogen-bond donors (Lipinski definition) is 2. The van der Waals surface area contributed by atoms with Gasteiger partial charge in [0.05, 0.1) is 4.90 Å². The largest absolute Gasteiger partial charge is 0.423 e. The fourth-order valence-electron chi connectivity index (χ4n) is 3.66. The third-order valence-electron chi connectivity index (χ3n) is 4.70. The van der Waals surface area contributed by atoms with E-state index in [1.54, 1.807) is 6.07 Å². The highest BCUT2D eigenvalue weighted by Gasteiger charge is 2.35. The Bertz CT molecular complexity index is 894. The van der Waals surface area contributed by atoms with Crippen LogP contribution in [0.25, 0.3) is 11.0 Å². The molecular formula is C16H18N2O4S. The van der Waals surface area contributed by atoms with Gasteiger partial charge in [-0.25, -0.2) is 17.9 Å². The first-order valence-corrected chi connectivity index (χ1v) is 9.30. The van der Waals surface area contributed by atoms with Gasteiger partial charge in [0.2, 0.25) is 10.0 Å². The molecule has 122 valence electrons. The van der Waals surface area contributed by atoms with E-state index in [-0.39, 0.29) is 10.9 Å². The summed E-state index contributed by atoms with van der Waals surface area (Å²) >= 11 is 0. The first kappa shape index (κ1) is 14.9. The molecule has 2 aromatic rings. The van der Waals surface area contributed by atoms with E-state index < -0.39 is 15.6 Å². The van der Waals surface area contributed by atoms with Crippen LogP contribution in [-0.4, -0.2) is 26.5 Å². The van der Waals surface area contributed by atoms with Crippen LogP contribution in [0.4, 0.5) is 0 Å². The monoisotopic (exact) mass is 334 g/mol. The van der Waals surface area contributed by atoms with Gasteiger partial charge in [0.15, 0.2) is 0 Å². The Balaban J connectivity index is 1.60. The van der Waals surface area contributed by atoms with Crippen molar-refractivity contribution in [3.05, 3.63) is 40.8 Å². The number of hydrogen-bond acceptors (Lipinski definition) is 5. The van der Waals surface area contributed by atoms with Gasteiger partial charge in [-0.3, -0.25) is 0 Å². The maximum absolute atomic E-state index is 12.6.